The van der Waals surface area contributed by atoms with Gasteiger partial charge >= 0.3 is 255 Å². The molecule has 2 N–H and O–H groups in total. The summed E-state index contributed by atoms with van der Waals surface area (Å²) in [4.78, 5) is 0. The van der Waals surface area contributed by atoms with Crippen molar-refractivity contribution in [2.45, 2.75) is 118 Å². The van der Waals surface area contributed by atoms with E-state index in [0.717, 1.165) is 41.9 Å². The fourth-order valence-corrected chi connectivity index (χ4v) is 41.7. The summed E-state index contributed by atoms with van der Waals surface area (Å²) in [5.41, 5.74) is 8.65. The Morgan fingerprint density at radius 2 is 1.27 bits per heavy atom. The number of benzene rings is 1. The van der Waals surface area contributed by atoms with Crippen LogP contribution in [0.1, 0.15) is 109 Å². The van der Waals surface area contributed by atoms with Crippen molar-refractivity contribution in [2.24, 2.45) is 41.2 Å². The summed E-state index contributed by atoms with van der Waals surface area (Å²) in [6.07, 6.45) is 30.7. The number of unbranched alkanes of at least 4 members (excludes halogenated alkanes) is 1. The van der Waals surface area contributed by atoms with Gasteiger partial charge in [0.2, 0.25) is 0 Å². The number of allylic oxidation sites excluding steroid dienone is 2. The van der Waals surface area contributed by atoms with E-state index >= 15 is 0 Å². The van der Waals surface area contributed by atoms with E-state index in [4.69, 9.17) is 15.3 Å². The van der Waals surface area contributed by atoms with Gasteiger partial charge in [-0.1, -0.05) is 0 Å². The molecule has 8 saturated carbocycles. The van der Waals surface area contributed by atoms with Gasteiger partial charge in [0.15, 0.2) is 0 Å². The number of nitrogens with two attached hydrogens (primary N) is 1. The molecule has 1 atom stereocenters. The van der Waals surface area contributed by atoms with E-state index in [9.17, 15) is 0 Å². The van der Waals surface area contributed by atoms with Gasteiger partial charge in [0.1, 0.15) is 0 Å². The van der Waals surface area contributed by atoms with E-state index in [1.54, 1.807) is 38.5 Å². The van der Waals surface area contributed by atoms with Crippen molar-refractivity contribution in [3.63, 3.8) is 0 Å². The molecule has 9 aliphatic carbocycles. The van der Waals surface area contributed by atoms with Crippen molar-refractivity contribution in [1.82, 2.24) is 0 Å². The monoisotopic (exact) mass is 670 g/mol. The van der Waals surface area contributed by atoms with E-state index in [2.05, 4.69) is 55.5 Å². The molecular formula is C36H52ClNPPd. The van der Waals surface area contributed by atoms with Crippen LogP contribution < -0.4 is 5.73 Å². The molecule has 0 spiro atoms. The van der Waals surface area contributed by atoms with Crippen LogP contribution in [0.4, 0.5) is 0 Å². The van der Waals surface area contributed by atoms with Gasteiger partial charge in [-0.2, -0.15) is 0 Å². The van der Waals surface area contributed by atoms with Crippen LogP contribution in [0.25, 0.3) is 5.57 Å². The van der Waals surface area contributed by atoms with Crippen molar-refractivity contribution in [3.05, 3.63) is 54.1 Å². The molecule has 8 bridgehead atoms. The zero-order chi connectivity index (χ0) is 27.2. The third-order valence-corrected chi connectivity index (χ3v) is 37.4. The van der Waals surface area contributed by atoms with Crippen LogP contribution in [0, 0.1) is 35.5 Å². The minimum atomic E-state index is -2.07. The van der Waals surface area contributed by atoms with Crippen LogP contribution >= 0.6 is 15.0 Å². The fourth-order valence-electron chi connectivity index (χ4n) is 13.0. The summed E-state index contributed by atoms with van der Waals surface area (Å²) in [6, 6.07) is 11.2. The predicted molar refractivity (Wildman–Crippen MR) is 171 cm³/mol. The van der Waals surface area contributed by atoms with Crippen LogP contribution in [0.3, 0.4) is 0 Å². The molecule has 1 aromatic rings. The Balaban J connectivity index is 1.34. The molecule has 9 aliphatic rings. The zero-order valence-electron chi connectivity index (χ0n) is 24.7. The third kappa shape index (κ3) is 3.94. The Bertz CT molecular complexity index is 1080. The van der Waals surface area contributed by atoms with Crippen molar-refractivity contribution < 1.29 is 15.2 Å². The van der Waals surface area contributed by atoms with E-state index in [1.165, 1.54) is 68.7 Å². The standard InChI is InChI=1S/C24H39P.C12H12N.ClH.Pd/c1-2-3-4-25(23-11-17-5-18(12-23)7-19(6-17)13-23)24-14-20-8-21(15-24)10-22(9-20)16-24;13-12-9-5-4-8-11(12)10-6-2-1-3-7-10;;/h17-22H,2-16H2,1H3;1-8H,9,13H2;1H;. The van der Waals surface area contributed by atoms with Crippen LogP contribution in [0.5, 0.6) is 0 Å². The van der Waals surface area contributed by atoms with E-state index in [0.29, 0.717) is 10.3 Å². The average Bonchev–Trinajstić information content (AvgIpc) is 2.92. The van der Waals surface area contributed by atoms with Gasteiger partial charge in [-0.05, 0) is 0 Å². The van der Waals surface area contributed by atoms with Crippen LogP contribution in [0.15, 0.2) is 48.6 Å². The van der Waals surface area contributed by atoms with Gasteiger partial charge in [-0.25, -0.2) is 0 Å². The molecule has 1 nitrogen and oxygen atoms in total. The maximum atomic E-state index is 8.65. The number of hydrogen-bond acceptors (Lipinski definition) is 1. The van der Waals surface area contributed by atoms with Gasteiger partial charge in [0, 0.05) is 0 Å². The van der Waals surface area contributed by atoms with E-state index in [-0.39, 0.29) is 4.01 Å². The first-order chi connectivity index (χ1) is 19.4. The first-order valence-electron chi connectivity index (χ1n) is 16.9. The Morgan fingerprint density at radius 3 is 1.73 bits per heavy atom. The van der Waals surface area contributed by atoms with Crippen molar-refractivity contribution >= 4 is 20.6 Å². The zero-order valence-corrected chi connectivity index (χ0v) is 28.0. The van der Waals surface area contributed by atoms with Crippen LogP contribution in [0.2, 0.25) is 0 Å². The van der Waals surface area contributed by atoms with E-state index < -0.39 is 20.7 Å². The Morgan fingerprint density at radius 1 is 0.800 bits per heavy atom. The Hall–Kier alpha value is 0.0423. The van der Waals surface area contributed by atoms with Crippen molar-refractivity contribution in [1.29, 1.82) is 0 Å². The summed E-state index contributed by atoms with van der Waals surface area (Å²) in [5.74, 6) is 5.95. The summed E-state index contributed by atoms with van der Waals surface area (Å²) < 4.78 is -0.351. The van der Waals surface area contributed by atoms with E-state index in [1.807, 2.05) is 0 Å². The first kappa shape index (κ1) is 27.6. The second-order valence-electron chi connectivity index (χ2n) is 15.8. The molecule has 1 unspecified atom stereocenters. The maximum absolute atomic E-state index is 8.65. The number of hydrogen-bond donors (Lipinski definition) is 1. The van der Waals surface area contributed by atoms with Gasteiger partial charge in [0.25, 0.3) is 0 Å². The number of halogens is 1. The summed E-state index contributed by atoms with van der Waals surface area (Å²) >= 11 is -1.63. The van der Waals surface area contributed by atoms with Gasteiger partial charge in [-0.15, -0.1) is 0 Å². The van der Waals surface area contributed by atoms with Gasteiger partial charge in [-0.3, -0.25) is 0 Å². The summed E-state index contributed by atoms with van der Waals surface area (Å²) in [6.45, 7) is 2.46. The molecule has 1 aromatic carbocycles. The third-order valence-electron chi connectivity index (χ3n) is 13.4. The quantitative estimate of drug-likeness (QED) is 0.216. The SMILES string of the molecule is CCCC[PH]([Pd]([Cl])[C]1(N)CC=CC=C1c1ccccc1)(C12CC3CC(CC(C3)C1)C2)C12CC3CC(CC(C3)C1)C2. The molecule has 8 fully saturated rings. The normalized spacial score (nSPS) is 45.6. The van der Waals surface area contributed by atoms with Crippen molar-refractivity contribution in [3.8, 4) is 0 Å². The van der Waals surface area contributed by atoms with Gasteiger partial charge < -0.3 is 0 Å². The molecule has 10 rings (SSSR count). The fraction of sp³-hybridized carbons (Fsp3) is 0.722. The second kappa shape index (κ2) is 10.0. The molecule has 4 heteroatoms. The summed E-state index contributed by atoms with van der Waals surface area (Å²) in [7, 11) is 8.65. The molecule has 223 valence electrons. The summed E-state index contributed by atoms with van der Waals surface area (Å²) in [5, 5.41) is 1.14. The van der Waals surface area contributed by atoms with Crippen LogP contribution in [-0.2, 0) is 15.2 Å². The Labute approximate surface area is 253 Å². The second-order valence-corrected chi connectivity index (χ2v) is 30.8. The molecule has 0 amide bonds. The predicted octanol–water partition coefficient (Wildman–Crippen LogP) is 9.86. The molecule has 40 heavy (non-hydrogen) atoms. The molecular weight excluding hydrogens is 619 g/mol. The number of rotatable bonds is 8. The van der Waals surface area contributed by atoms with Crippen LogP contribution in [-0.4, -0.2) is 20.5 Å². The van der Waals surface area contributed by atoms with Crippen molar-refractivity contribution in [2.75, 3.05) is 6.16 Å². The van der Waals surface area contributed by atoms with Gasteiger partial charge in [0.05, 0.1) is 0 Å². The molecule has 0 radical (unpaired) electrons. The topological polar surface area (TPSA) is 26.0 Å². The molecule has 0 aliphatic heterocycles. The molecule has 0 heterocycles. The first-order valence-corrected chi connectivity index (χ1v) is 24.0. The Kier molecular flexibility index (Phi) is 6.92. The minimum absolute atomic E-state index is 0.351. The average molecular weight is 672 g/mol. The molecule has 0 aromatic heterocycles. The molecule has 0 saturated heterocycles.